The summed E-state index contributed by atoms with van der Waals surface area (Å²) in [5.74, 6) is -0.834. The van der Waals surface area contributed by atoms with Crippen molar-refractivity contribution in [3.63, 3.8) is 0 Å². The second kappa shape index (κ2) is 6.77. The number of hydrogen-bond donors (Lipinski definition) is 2. The van der Waals surface area contributed by atoms with Gasteiger partial charge in [-0.2, -0.15) is 0 Å². The Balaban J connectivity index is 2.27. The average Bonchev–Trinajstić information content (AvgIpc) is 2.81. The molecule has 0 aliphatic heterocycles. The zero-order valence-corrected chi connectivity index (χ0v) is 13.8. The number of aryl methyl sites for hydroxylation is 3. The summed E-state index contributed by atoms with van der Waals surface area (Å²) in [5, 5.41) is 3.94. The van der Waals surface area contributed by atoms with Crippen molar-refractivity contribution in [2.75, 3.05) is 0 Å². The number of hydrogen-bond acceptors (Lipinski definition) is 2. The highest BCUT2D eigenvalue weighted by Crippen LogP contribution is 2.26. The second-order valence-corrected chi connectivity index (χ2v) is 5.78. The third-order valence-corrected chi connectivity index (χ3v) is 4.02. The number of nitrogens with one attached hydrogen (secondary N) is 2. The van der Waals surface area contributed by atoms with Gasteiger partial charge in [0.15, 0.2) is 0 Å². The summed E-state index contributed by atoms with van der Waals surface area (Å²) in [7, 11) is 0. The molecule has 0 aliphatic carbocycles. The predicted octanol–water partition coefficient (Wildman–Crippen LogP) is 3.33. The van der Waals surface area contributed by atoms with E-state index in [9.17, 15) is 9.59 Å². The first-order valence-electron chi connectivity index (χ1n) is 7.89. The van der Waals surface area contributed by atoms with Crippen LogP contribution in [-0.2, 0) is 22.6 Å². The Bertz CT molecular complexity index is 713. The molecule has 0 atom stereocenters. The van der Waals surface area contributed by atoms with Gasteiger partial charge in [-0.05, 0) is 43.9 Å². The molecule has 118 valence electrons. The maximum absolute atomic E-state index is 11.8. The number of aromatic nitrogens is 1. The van der Waals surface area contributed by atoms with Gasteiger partial charge in [0, 0.05) is 24.0 Å². The fourth-order valence-corrected chi connectivity index (χ4v) is 2.82. The Morgan fingerprint density at radius 3 is 2.55 bits per heavy atom. The molecule has 2 N–H and O–H groups in total. The zero-order chi connectivity index (χ0) is 16.3. The fourth-order valence-electron chi connectivity index (χ4n) is 2.82. The van der Waals surface area contributed by atoms with Crippen LogP contribution in [0.2, 0.25) is 0 Å². The van der Waals surface area contributed by atoms with Crippen LogP contribution in [0.1, 0.15) is 49.1 Å². The lowest BCUT2D eigenvalue weighted by Crippen LogP contribution is -2.30. The van der Waals surface area contributed by atoms with Crippen LogP contribution < -0.4 is 5.32 Å². The van der Waals surface area contributed by atoms with E-state index in [1.54, 1.807) is 0 Å². The van der Waals surface area contributed by atoms with E-state index in [4.69, 9.17) is 0 Å². The quantitative estimate of drug-likeness (QED) is 0.804. The molecule has 22 heavy (non-hydrogen) atoms. The van der Waals surface area contributed by atoms with Gasteiger partial charge in [0.1, 0.15) is 0 Å². The molecule has 0 radical (unpaired) electrons. The first kappa shape index (κ1) is 16.3. The molecule has 0 saturated carbocycles. The highest BCUT2D eigenvalue weighted by molar-refractivity contribution is 6.36. The molecule has 4 heteroatoms. The minimum absolute atomic E-state index is 0.302. The number of benzene rings is 1. The summed E-state index contributed by atoms with van der Waals surface area (Å²) in [6.45, 7) is 8.55. The molecular formula is C18H24N2O2. The van der Waals surface area contributed by atoms with Crippen molar-refractivity contribution in [3.8, 4) is 0 Å². The van der Waals surface area contributed by atoms with Gasteiger partial charge >= 0.3 is 0 Å². The topological polar surface area (TPSA) is 62.0 Å². The van der Waals surface area contributed by atoms with Crippen LogP contribution in [0.4, 0.5) is 0 Å². The Kier molecular flexibility index (Phi) is 5.01. The van der Waals surface area contributed by atoms with Crippen molar-refractivity contribution in [2.24, 2.45) is 0 Å². The lowest BCUT2D eigenvalue weighted by atomic mass is 10.0. The van der Waals surface area contributed by atoms with Crippen LogP contribution in [0.15, 0.2) is 12.1 Å². The maximum Gasteiger partial charge on any atom is 0.287 e. The predicted molar refractivity (Wildman–Crippen MR) is 88.9 cm³/mol. The molecule has 0 unspecified atom stereocenters. The van der Waals surface area contributed by atoms with Gasteiger partial charge < -0.3 is 10.3 Å². The molecule has 0 fully saturated rings. The van der Waals surface area contributed by atoms with Crippen molar-refractivity contribution in [3.05, 3.63) is 34.5 Å². The highest BCUT2D eigenvalue weighted by Gasteiger charge is 2.14. The summed E-state index contributed by atoms with van der Waals surface area (Å²) in [4.78, 5) is 26.8. The number of carbonyl (C=O) groups is 2. The number of ketones is 1. The number of carbonyl (C=O) groups excluding carboxylic acids is 2. The number of aromatic amines is 1. The third-order valence-electron chi connectivity index (χ3n) is 4.02. The van der Waals surface area contributed by atoms with Gasteiger partial charge in [0.25, 0.3) is 5.91 Å². The number of amides is 1. The largest absolute Gasteiger partial charge is 0.358 e. The van der Waals surface area contributed by atoms with Gasteiger partial charge in [0.2, 0.25) is 5.78 Å². The van der Waals surface area contributed by atoms with Crippen molar-refractivity contribution < 1.29 is 9.59 Å². The fraction of sp³-hybridized carbons (Fsp3) is 0.444. The van der Waals surface area contributed by atoms with E-state index >= 15 is 0 Å². The van der Waals surface area contributed by atoms with Crippen LogP contribution in [-0.4, -0.2) is 16.7 Å². The molecule has 0 saturated heterocycles. The van der Waals surface area contributed by atoms with Crippen molar-refractivity contribution in [1.82, 2.24) is 10.3 Å². The minimum Gasteiger partial charge on any atom is -0.358 e. The zero-order valence-electron chi connectivity index (χ0n) is 13.8. The van der Waals surface area contributed by atoms with Crippen molar-refractivity contribution in [1.29, 1.82) is 0 Å². The van der Waals surface area contributed by atoms with E-state index in [-0.39, 0.29) is 5.78 Å². The first-order valence-corrected chi connectivity index (χ1v) is 7.89. The molecule has 1 heterocycles. The van der Waals surface area contributed by atoms with Crippen molar-refractivity contribution in [2.45, 2.75) is 53.5 Å². The van der Waals surface area contributed by atoms with E-state index < -0.39 is 5.91 Å². The smallest absolute Gasteiger partial charge is 0.287 e. The molecule has 0 spiro atoms. The molecule has 1 amide bonds. The molecule has 0 aliphatic rings. The number of fused-ring (bicyclic) bond motifs is 1. The standard InChI is InChI=1S/C18H24N2O2/c1-5-7-16(21)18(22)19-10-13-8-11(3)9-14-12(4)15(6-2)20-17(13)14/h8-9,20H,5-7,10H2,1-4H3,(H,19,22). The second-order valence-electron chi connectivity index (χ2n) is 5.78. The van der Waals surface area contributed by atoms with Crippen LogP contribution in [0.25, 0.3) is 10.9 Å². The Labute approximate surface area is 131 Å². The van der Waals surface area contributed by atoms with Crippen LogP contribution in [0, 0.1) is 13.8 Å². The monoisotopic (exact) mass is 300 g/mol. The Hall–Kier alpha value is -2.10. The lowest BCUT2D eigenvalue weighted by Gasteiger charge is -2.07. The first-order chi connectivity index (χ1) is 10.5. The number of Topliss-reactive ketones (excluding diaryl/α,β-unsaturated/α-hetero) is 1. The van der Waals surface area contributed by atoms with Crippen LogP contribution >= 0.6 is 0 Å². The van der Waals surface area contributed by atoms with E-state index in [1.807, 2.05) is 13.8 Å². The van der Waals surface area contributed by atoms with E-state index in [0.717, 1.165) is 23.1 Å². The molecule has 4 nitrogen and oxygen atoms in total. The van der Waals surface area contributed by atoms with Crippen LogP contribution in [0.3, 0.4) is 0 Å². The van der Waals surface area contributed by atoms with E-state index in [0.29, 0.717) is 19.4 Å². The lowest BCUT2D eigenvalue weighted by molar-refractivity contribution is -0.138. The van der Waals surface area contributed by atoms with Gasteiger partial charge in [-0.3, -0.25) is 9.59 Å². The molecule has 0 bridgehead atoms. The summed E-state index contributed by atoms with van der Waals surface area (Å²) in [6.07, 6.45) is 1.94. The highest BCUT2D eigenvalue weighted by atomic mass is 16.2. The summed E-state index contributed by atoms with van der Waals surface area (Å²) >= 11 is 0. The summed E-state index contributed by atoms with van der Waals surface area (Å²) in [6, 6.07) is 4.22. The molecule has 2 rings (SSSR count). The van der Waals surface area contributed by atoms with E-state index in [1.165, 1.54) is 16.6 Å². The van der Waals surface area contributed by atoms with E-state index in [2.05, 4.69) is 36.3 Å². The molecular weight excluding hydrogens is 276 g/mol. The number of rotatable bonds is 6. The minimum atomic E-state index is -0.490. The third kappa shape index (κ3) is 3.21. The maximum atomic E-state index is 11.8. The number of H-pyrrole nitrogens is 1. The Morgan fingerprint density at radius 1 is 1.18 bits per heavy atom. The van der Waals surface area contributed by atoms with Gasteiger partial charge in [-0.15, -0.1) is 0 Å². The van der Waals surface area contributed by atoms with Crippen molar-refractivity contribution >= 4 is 22.6 Å². The van der Waals surface area contributed by atoms with Gasteiger partial charge in [0.05, 0.1) is 5.52 Å². The molecule has 1 aromatic heterocycles. The average molecular weight is 300 g/mol. The van der Waals surface area contributed by atoms with Crippen LogP contribution in [0.5, 0.6) is 0 Å². The summed E-state index contributed by atoms with van der Waals surface area (Å²) in [5.41, 5.74) is 5.71. The Morgan fingerprint density at radius 2 is 1.91 bits per heavy atom. The molecule has 2 aromatic rings. The summed E-state index contributed by atoms with van der Waals surface area (Å²) < 4.78 is 0. The van der Waals surface area contributed by atoms with Gasteiger partial charge in [-0.1, -0.05) is 25.5 Å². The van der Waals surface area contributed by atoms with Gasteiger partial charge in [-0.25, -0.2) is 0 Å². The molecule has 1 aromatic carbocycles. The SMILES string of the molecule is CCCC(=O)C(=O)NCc1cc(C)cc2c(C)c(CC)[nH]c12. The normalized spacial score (nSPS) is 10.9.